The van der Waals surface area contributed by atoms with Crippen LogP contribution in [0.5, 0.6) is 0 Å². The lowest BCUT2D eigenvalue weighted by Gasteiger charge is -2.45. The molecule has 266 valence electrons. The maximum atomic E-state index is 13.2. The van der Waals surface area contributed by atoms with Crippen LogP contribution in [0.4, 0.5) is 4.79 Å². The summed E-state index contributed by atoms with van der Waals surface area (Å²) >= 11 is 0. The van der Waals surface area contributed by atoms with Crippen LogP contribution in [0.1, 0.15) is 151 Å². The molecule has 9 nitrogen and oxygen atoms in total. The number of rotatable bonds is 21. The van der Waals surface area contributed by atoms with Crippen molar-refractivity contribution in [3.63, 3.8) is 0 Å². The van der Waals surface area contributed by atoms with Crippen molar-refractivity contribution in [3.05, 3.63) is 12.2 Å². The molecule has 1 aliphatic carbocycles. The third kappa shape index (κ3) is 15.2. The van der Waals surface area contributed by atoms with E-state index < -0.39 is 29.2 Å². The summed E-state index contributed by atoms with van der Waals surface area (Å²) in [6.45, 7) is 12.0. The van der Waals surface area contributed by atoms with Crippen molar-refractivity contribution >= 4 is 17.9 Å². The molecule has 2 aliphatic rings. The molecule has 0 bridgehead atoms. The summed E-state index contributed by atoms with van der Waals surface area (Å²) in [6, 6.07) is -0.462. The van der Waals surface area contributed by atoms with Crippen LogP contribution in [-0.2, 0) is 19.1 Å². The van der Waals surface area contributed by atoms with Gasteiger partial charge in [-0.15, -0.1) is 0 Å². The average molecular weight is 650 g/mol. The molecule has 1 saturated heterocycles. The van der Waals surface area contributed by atoms with Crippen LogP contribution >= 0.6 is 0 Å². The number of amides is 3. The number of allylic oxidation sites excluding steroid dienone is 2. The van der Waals surface area contributed by atoms with Crippen molar-refractivity contribution in [2.45, 2.75) is 175 Å². The minimum atomic E-state index is -0.964. The Balaban J connectivity index is 1.71. The van der Waals surface area contributed by atoms with Gasteiger partial charge < -0.3 is 30.5 Å². The summed E-state index contributed by atoms with van der Waals surface area (Å²) in [4.78, 5) is 38.5. The highest BCUT2D eigenvalue weighted by atomic mass is 16.7. The molecule has 1 saturated carbocycles. The number of ether oxygens (including phenoxy) is 2. The minimum absolute atomic E-state index is 0.0127. The molecule has 9 heteroatoms. The highest BCUT2D eigenvalue weighted by molar-refractivity contribution is 5.82. The van der Waals surface area contributed by atoms with E-state index >= 15 is 0 Å². The van der Waals surface area contributed by atoms with Gasteiger partial charge in [-0.2, -0.15) is 0 Å². The Morgan fingerprint density at radius 1 is 0.891 bits per heavy atom. The van der Waals surface area contributed by atoms with Gasteiger partial charge in [-0.25, -0.2) is 4.79 Å². The lowest BCUT2D eigenvalue weighted by atomic mass is 9.76. The fourth-order valence-electron chi connectivity index (χ4n) is 6.72. The maximum absolute atomic E-state index is 13.2. The molecule has 0 spiro atoms. The molecule has 0 aromatic rings. The predicted molar refractivity (Wildman–Crippen MR) is 185 cm³/mol. The van der Waals surface area contributed by atoms with Crippen LogP contribution in [0.3, 0.4) is 0 Å². The van der Waals surface area contributed by atoms with Crippen LogP contribution in [0.15, 0.2) is 12.2 Å². The largest absolute Gasteiger partial charge is 0.481 e. The van der Waals surface area contributed by atoms with E-state index in [1.165, 1.54) is 57.8 Å². The quantitative estimate of drug-likeness (QED) is 0.0741. The molecule has 2 rings (SSSR count). The normalized spacial score (nSPS) is 23.8. The molecule has 5 atom stereocenters. The van der Waals surface area contributed by atoms with Crippen LogP contribution in [-0.4, -0.2) is 60.1 Å². The molecule has 4 N–H and O–H groups in total. The molecule has 1 heterocycles. The fraction of sp³-hybridized carbons (Fsp3) is 0.865. The summed E-state index contributed by atoms with van der Waals surface area (Å²) < 4.78 is 11.6. The zero-order chi connectivity index (χ0) is 34.0. The summed E-state index contributed by atoms with van der Waals surface area (Å²) in [6.07, 6.45) is 23.2. The lowest BCUT2D eigenvalue weighted by molar-refractivity contribution is -0.304. The van der Waals surface area contributed by atoms with E-state index in [0.29, 0.717) is 13.0 Å². The number of carboxylic acid groups (broad SMARTS) is 1. The molecule has 1 aliphatic heterocycles. The number of nitrogens with one attached hydrogen (secondary N) is 3. The van der Waals surface area contributed by atoms with Gasteiger partial charge in [-0.05, 0) is 71.6 Å². The molecule has 0 radical (unpaired) electrons. The molecule has 46 heavy (non-hydrogen) atoms. The van der Waals surface area contributed by atoms with Crippen LogP contribution < -0.4 is 16.0 Å². The number of urea groups is 1. The predicted octanol–water partition coefficient (Wildman–Crippen LogP) is 7.88. The molecule has 5 unspecified atom stereocenters. The Morgan fingerprint density at radius 2 is 1.50 bits per heavy atom. The Kier molecular flexibility index (Phi) is 18.3. The number of carboxylic acids is 1. The van der Waals surface area contributed by atoms with Crippen molar-refractivity contribution < 1.29 is 29.0 Å². The first-order valence-corrected chi connectivity index (χ1v) is 18.4. The molecular weight excluding hydrogens is 582 g/mol. The van der Waals surface area contributed by atoms with Crippen LogP contribution in [0, 0.1) is 17.3 Å². The number of aliphatic carboxylic acids is 1. The van der Waals surface area contributed by atoms with Crippen molar-refractivity contribution in [2.24, 2.45) is 17.3 Å². The molecule has 0 aromatic carbocycles. The van der Waals surface area contributed by atoms with E-state index in [2.05, 4.69) is 35.0 Å². The van der Waals surface area contributed by atoms with Gasteiger partial charge in [0.15, 0.2) is 5.79 Å². The van der Waals surface area contributed by atoms with Gasteiger partial charge in [0, 0.05) is 24.0 Å². The SMILES string of the molecule is CCCCCCCCC=CCCCCCCC(C)NC(=O)NC1CCCCC1C(CNC(=O)C1OC(C)(C)OCC1(C)C)C(=O)O. The molecule has 0 aromatic heterocycles. The number of unbranched alkanes of at least 4 members (excludes halogenated alkanes) is 10. The highest BCUT2D eigenvalue weighted by Crippen LogP contribution is 2.35. The second-order valence-electron chi connectivity index (χ2n) is 15.0. The van der Waals surface area contributed by atoms with Gasteiger partial charge in [0.1, 0.15) is 6.10 Å². The van der Waals surface area contributed by atoms with Gasteiger partial charge >= 0.3 is 12.0 Å². The zero-order valence-electron chi connectivity index (χ0n) is 30.0. The van der Waals surface area contributed by atoms with E-state index in [0.717, 1.165) is 44.9 Å². The van der Waals surface area contributed by atoms with E-state index in [1.54, 1.807) is 13.8 Å². The molecular formula is C37H67N3O6. The summed E-state index contributed by atoms with van der Waals surface area (Å²) in [7, 11) is 0. The smallest absolute Gasteiger partial charge is 0.315 e. The lowest BCUT2D eigenvalue weighted by Crippen LogP contribution is -2.57. The topological polar surface area (TPSA) is 126 Å². The number of carbonyl (C=O) groups is 3. The van der Waals surface area contributed by atoms with E-state index in [1.807, 2.05) is 20.8 Å². The zero-order valence-corrected chi connectivity index (χ0v) is 30.0. The number of hydrogen-bond donors (Lipinski definition) is 4. The fourth-order valence-corrected chi connectivity index (χ4v) is 6.72. The third-order valence-corrected chi connectivity index (χ3v) is 9.63. The Hall–Kier alpha value is -2.13. The first kappa shape index (κ1) is 40.0. The van der Waals surface area contributed by atoms with Gasteiger partial charge in [0.05, 0.1) is 12.5 Å². The van der Waals surface area contributed by atoms with Crippen LogP contribution in [0.25, 0.3) is 0 Å². The highest BCUT2D eigenvalue weighted by Gasteiger charge is 2.46. The Labute approximate surface area is 279 Å². The third-order valence-electron chi connectivity index (χ3n) is 9.63. The van der Waals surface area contributed by atoms with Crippen molar-refractivity contribution in [2.75, 3.05) is 13.2 Å². The summed E-state index contributed by atoms with van der Waals surface area (Å²) in [5.41, 5.74) is -0.550. The van der Waals surface area contributed by atoms with Gasteiger partial charge in [0.25, 0.3) is 0 Å². The maximum Gasteiger partial charge on any atom is 0.315 e. The van der Waals surface area contributed by atoms with Gasteiger partial charge in [-0.3, -0.25) is 9.59 Å². The minimum Gasteiger partial charge on any atom is -0.481 e. The van der Waals surface area contributed by atoms with E-state index in [9.17, 15) is 19.5 Å². The van der Waals surface area contributed by atoms with Crippen molar-refractivity contribution in [1.82, 2.24) is 16.0 Å². The van der Waals surface area contributed by atoms with E-state index in [-0.39, 0.29) is 36.5 Å². The second-order valence-corrected chi connectivity index (χ2v) is 15.0. The second kappa shape index (κ2) is 21.0. The van der Waals surface area contributed by atoms with Crippen molar-refractivity contribution in [1.29, 1.82) is 0 Å². The standard InChI is InChI=1S/C37H67N3O6/c1-7-8-9-10-11-12-13-14-15-16-17-18-19-20-23-28(2)39-35(44)40-31-25-22-21-24-29(31)30(34(42)43)26-38-33(41)32-36(3,4)27-45-37(5,6)46-32/h14-15,28-32H,7-13,16-27H2,1-6H3,(H,38,41)(H,42,43)(H2,39,40,44). The van der Waals surface area contributed by atoms with Gasteiger partial charge in [0.2, 0.25) is 5.91 Å². The van der Waals surface area contributed by atoms with E-state index in [4.69, 9.17) is 9.47 Å². The molecule has 3 amide bonds. The summed E-state index contributed by atoms with van der Waals surface area (Å²) in [5.74, 6) is -3.27. The average Bonchev–Trinajstić information content (AvgIpc) is 2.99. The first-order valence-electron chi connectivity index (χ1n) is 18.4. The van der Waals surface area contributed by atoms with Crippen LogP contribution in [0.2, 0.25) is 0 Å². The number of carbonyl (C=O) groups excluding carboxylic acids is 2. The number of hydrogen-bond acceptors (Lipinski definition) is 5. The monoisotopic (exact) mass is 650 g/mol. The molecule has 2 fully saturated rings. The first-order chi connectivity index (χ1) is 21.9. The summed E-state index contributed by atoms with van der Waals surface area (Å²) in [5, 5.41) is 19.2. The Bertz CT molecular complexity index is 936. The van der Waals surface area contributed by atoms with Gasteiger partial charge in [-0.1, -0.05) is 97.1 Å². The van der Waals surface area contributed by atoms with Crippen molar-refractivity contribution in [3.8, 4) is 0 Å². The Morgan fingerprint density at radius 3 is 2.15 bits per heavy atom.